The van der Waals surface area contributed by atoms with Crippen LogP contribution in [0.25, 0.3) is 0 Å². The van der Waals surface area contributed by atoms with Gasteiger partial charge in [0.2, 0.25) is 0 Å². The number of likely N-dealkylation sites (tertiary alicyclic amines) is 1. The van der Waals surface area contributed by atoms with Gasteiger partial charge in [0.15, 0.2) is 11.5 Å². The van der Waals surface area contributed by atoms with E-state index in [1.807, 2.05) is 11.0 Å². The Balaban J connectivity index is 1.59. The van der Waals surface area contributed by atoms with E-state index >= 15 is 0 Å². The number of methoxy groups -OCH3 is 2. The van der Waals surface area contributed by atoms with E-state index in [0.29, 0.717) is 13.1 Å². The van der Waals surface area contributed by atoms with Crippen LogP contribution < -0.4 is 9.47 Å². The lowest BCUT2D eigenvalue weighted by Gasteiger charge is -2.29. The van der Waals surface area contributed by atoms with Crippen molar-refractivity contribution in [3.8, 4) is 11.5 Å². The average Bonchev–Trinajstić information content (AvgIpc) is 3.34. The van der Waals surface area contributed by atoms with Gasteiger partial charge in [-0.3, -0.25) is 0 Å². The first-order valence-electron chi connectivity index (χ1n) is 10.7. The van der Waals surface area contributed by atoms with Crippen LogP contribution in [0, 0.1) is 5.41 Å². The van der Waals surface area contributed by atoms with Crippen LogP contribution in [0.4, 0.5) is 4.79 Å². The minimum Gasteiger partial charge on any atom is -0.493 e. The Morgan fingerprint density at radius 3 is 2.40 bits per heavy atom. The molecule has 5 nitrogen and oxygen atoms in total. The summed E-state index contributed by atoms with van der Waals surface area (Å²) in [5.74, 6) is 1.74. The number of benzene rings is 2. The average molecular weight is 410 g/mol. The molecule has 0 N–H and O–H groups in total. The first kappa shape index (κ1) is 20.6. The second-order valence-electron chi connectivity index (χ2n) is 8.74. The Labute approximate surface area is 178 Å². The van der Waals surface area contributed by atoms with Gasteiger partial charge in [0.25, 0.3) is 0 Å². The van der Waals surface area contributed by atoms with E-state index in [4.69, 9.17) is 14.2 Å². The largest absolute Gasteiger partial charge is 0.493 e. The zero-order chi connectivity index (χ0) is 21.3. The maximum absolute atomic E-state index is 12.2. The number of fused-ring (bicyclic) bond motifs is 1. The lowest BCUT2D eigenvalue weighted by atomic mass is 9.74. The first-order chi connectivity index (χ1) is 14.5. The molecular formula is C25H31NO4. The van der Waals surface area contributed by atoms with E-state index in [9.17, 15) is 4.79 Å². The van der Waals surface area contributed by atoms with Gasteiger partial charge in [-0.15, -0.1) is 0 Å². The summed E-state index contributed by atoms with van der Waals surface area (Å²) in [7, 11) is 3.12. The van der Waals surface area contributed by atoms with Crippen LogP contribution in [0.15, 0.2) is 42.5 Å². The molecule has 0 aromatic heterocycles. The number of amides is 1. The van der Waals surface area contributed by atoms with Crippen molar-refractivity contribution in [2.75, 3.05) is 27.3 Å². The van der Waals surface area contributed by atoms with Crippen molar-refractivity contribution in [1.82, 2.24) is 4.90 Å². The molecule has 160 valence electrons. The van der Waals surface area contributed by atoms with Crippen LogP contribution >= 0.6 is 0 Å². The molecule has 1 aliphatic carbocycles. The third-order valence-corrected chi connectivity index (χ3v) is 6.93. The molecule has 2 aromatic carbocycles. The van der Waals surface area contributed by atoms with Crippen molar-refractivity contribution in [1.29, 1.82) is 0 Å². The quantitative estimate of drug-likeness (QED) is 0.710. The van der Waals surface area contributed by atoms with Crippen molar-refractivity contribution in [2.24, 2.45) is 5.41 Å². The number of carbonyl (C=O) groups excluding carboxylic acids is 1. The Bertz CT molecular complexity index is 902. The second-order valence-corrected chi connectivity index (χ2v) is 8.74. The highest BCUT2D eigenvalue weighted by Gasteiger charge is 2.44. The van der Waals surface area contributed by atoms with E-state index in [-0.39, 0.29) is 23.5 Å². The van der Waals surface area contributed by atoms with Gasteiger partial charge in [-0.05, 0) is 40.7 Å². The monoisotopic (exact) mass is 409 g/mol. The van der Waals surface area contributed by atoms with Crippen LogP contribution in [0.5, 0.6) is 11.5 Å². The van der Waals surface area contributed by atoms with Crippen molar-refractivity contribution in [2.45, 2.75) is 45.1 Å². The third-order valence-electron chi connectivity index (χ3n) is 6.93. The molecule has 1 saturated heterocycles. The van der Waals surface area contributed by atoms with Gasteiger partial charge >= 0.3 is 6.09 Å². The van der Waals surface area contributed by atoms with Gasteiger partial charge in [0.1, 0.15) is 6.10 Å². The maximum Gasteiger partial charge on any atom is 0.409 e. The highest BCUT2D eigenvalue weighted by Crippen LogP contribution is 2.47. The van der Waals surface area contributed by atoms with Gasteiger partial charge in [0, 0.05) is 31.8 Å². The smallest absolute Gasteiger partial charge is 0.409 e. The van der Waals surface area contributed by atoms with E-state index < -0.39 is 0 Å². The zero-order valence-electron chi connectivity index (χ0n) is 18.3. The molecule has 2 atom stereocenters. The van der Waals surface area contributed by atoms with E-state index in [1.54, 1.807) is 7.11 Å². The molecule has 2 aliphatic rings. The van der Waals surface area contributed by atoms with Gasteiger partial charge < -0.3 is 19.1 Å². The van der Waals surface area contributed by atoms with Gasteiger partial charge in [-0.2, -0.15) is 0 Å². The summed E-state index contributed by atoms with van der Waals surface area (Å²) < 4.78 is 17.0. The Morgan fingerprint density at radius 2 is 1.80 bits per heavy atom. The lowest BCUT2D eigenvalue weighted by molar-refractivity contribution is 0.128. The zero-order valence-corrected chi connectivity index (χ0v) is 18.3. The number of hydrogen-bond donors (Lipinski definition) is 0. The van der Waals surface area contributed by atoms with Crippen molar-refractivity contribution in [3.63, 3.8) is 0 Å². The SMILES string of the molecule is CC[C@]1(C)CN(C(=O)OC)C[C@H]1c1ccc(OC)c(OC2Cc3ccccc3C2)c1. The molecule has 0 radical (unpaired) electrons. The topological polar surface area (TPSA) is 48.0 Å². The molecule has 5 heteroatoms. The fourth-order valence-corrected chi connectivity index (χ4v) is 4.97. The maximum atomic E-state index is 12.2. The fraction of sp³-hybridized carbons (Fsp3) is 0.480. The number of nitrogens with zero attached hydrogens (tertiary/aromatic N) is 1. The molecule has 2 aromatic rings. The van der Waals surface area contributed by atoms with Crippen LogP contribution in [0.1, 0.15) is 42.9 Å². The molecule has 0 bridgehead atoms. The van der Waals surface area contributed by atoms with Crippen LogP contribution in [0.2, 0.25) is 0 Å². The molecule has 0 spiro atoms. The highest BCUT2D eigenvalue weighted by atomic mass is 16.5. The van der Waals surface area contributed by atoms with Crippen molar-refractivity contribution in [3.05, 3.63) is 59.2 Å². The number of hydrogen-bond acceptors (Lipinski definition) is 4. The summed E-state index contributed by atoms with van der Waals surface area (Å²) in [5.41, 5.74) is 3.89. The van der Waals surface area contributed by atoms with Gasteiger partial charge in [0.05, 0.1) is 14.2 Å². The predicted octanol–water partition coefficient (Wildman–Crippen LogP) is 4.82. The van der Waals surface area contributed by atoms with Crippen LogP contribution in [-0.2, 0) is 17.6 Å². The Hall–Kier alpha value is -2.69. The second kappa shape index (κ2) is 8.21. The normalized spacial score (nSPS) is 23.3. The molecule has 1 heterocycles. The number of carbonyl (C=O) groups is 1. The summed E-state index contributed by atoms with van der Waals surface area (Å²) in [4.78, 5) is 14.0. The minimum atomic E-state index is -0.258. The summed E-state index contributed by atoms with van der Waals surface area (Å²) in [6.45, 7) is 5.78. The molecular weight excluding hydrogens is 378 g/mol. The first-order valence-corrected chi connectivity index (χ1v) is 10.7. The molecule has 1 fully saturated rings. The standard InChI is InChI=1S/C25H31NO4/c1-5-25(2)16-26(24(27)29-4)15-21(25)19-10-11-22(28-3)23(14-19)30-20-12-17-8-6-7-9-18(17)13-20/h6-11,14,20-21H,5,12-13,15-16H2,1-4H3/t21-,25+/m0/s1. The van der Waals surface area contributed by atoms with Crippen LogP contribution in [-0.4, -0.2) is 44.4 Å². The van der Waals surface area contributed by atoms with E-state index in [1.165, 1.54) is 23.8 Å². The highest BCUT2D eigenvalue weighted by molar-refractivity contribution is 5.68. The predicted molar refractivity (Wildman–Crippen MR) is 116 cm³/mol. The van der Waals surface area contributed by atoms with Gasteiger partial charge in [-0.1, -0.05) is 44.2 Å². The number of ether oxygens (including phenoxy) is 3. The Kier molecular flexibility index (Phi) is 5.63. The van der Waals surface area contributed by atoms with Crippen LogP contribution in [0.3, 0.4) is 0 Å². The van der Waals surface area contributed by atoms with Crippen molar-refractivity contribution < 1.29 is 19.0 Å². The summed E-state index contributed by atoms with van der Waals surface area (Å²) >= 11 is 0. The van der Waals surface area contributed by atoms with Gasteiger partial charge in [-0.25, -0.2) is 4.79 Å². The summed E-state index contributed by atoms with van der Waals surface area (Å²) in [5, 5.41) is 0. The fourth-order valence-electron chi connectivity index (χ4n) is 4.97. The number of rotatable bonds is 5. The third kappa shape index (κ3) is 3.73. The van der Waals surface area contributed by atoms with E-state index in [0.717, 1.165) is 30.8 Å². The molecule has 30 heavy (non-hydrogen) atoms. The minimum absolute atomic E-state index is 0.0103. The molecule has 1 aliphatic heterocycles. The molecule has 0 unspecified atom stereocenters. The molecule has 1 amide bonds. The Morgan fingerprint density at radius 1 is 1.10 bits per heavy atom. The van der Waals surface area contributed by atoms with Crippen molar-refractivity contribution >= 4 is 6.09 Å². The molecule has 0 saturated carbocycles. The lowest BCUT2D eigenvalue weighted by Crippen LogP contribution is -2.30. The summed E-state index contributed by atoms with van der Waals surface area (Å²) in [6.07, 6.45) is 2.65. The molecule has 4 rings (SSSR count). The summed E-state index contributed by atoms with van der Waals surface area (Å²) in [6, 6.07) is 14.7. The van der Waals surface area contributed by atoms with E-state index in [2.05, 4.69) is 50.2 Å².